The van der Waals surface area contributed by atoms with Crippen molar-refractivity contribution in [1.82, 2.24) is 19.7 Å². The molecule has 0 amide bonds. The lowest BCUT2D eigenvalue weighted by atomic mass is 10.1. The van der Waals surface area contributed by atoms with E-state index in [-0.39, 0.29) is 5.56 Å². The number of hydrogen-bond acceptors (Lipinski definition) is 5. The summed E-state index contributed by atoms with van der Waals surface area (Å²) in [6.07, 6.45) is 5.06. The van der Waals surface area contributed by atoms with Gasteiger partial charge in [-0.1, -0.05) is 6.07 Å². The first kappa shape index (κ1) is 15.8. The SMILES string of the molecule is Cc1cncc(C(=O)O[C@H](C)c2c(F)cccc2-n2cncn2)c1. The van der Waals surface area contributed by atoms with E-state index in [2.05, 4.69) is 15.1 Å². The van der Waals surface area contributed by atoms with Gasteiger partial charge in [-0.25, -0.2) is 18.9 Å². The van der Waals surface area contributed by atoms with Gasteiger partial charge in [0.05, 0.1) is 16.8 Å². The average Bonchev–Trinajstić information content (AvgIpc) is 3.08. The van der Waals surface area contributed by atoms with Gasteiger partial charge >= 0.3 is 5.97 Å². The number of pyridine rings is 1. The molecule has 6 nitrogen and oxygen atoms in total. The number of hydrogen-bond donors (Lipinski definition) is 0. The first-order valence-electron chi connectivity index (χ1n) is 7.32. The Morgan fingerprint density at radius 2 is 2.12 bits per heavy atom. The van der Waals surface area contributed by atoms with Crippen LogP contribution >= 0.6 is 0 Å². The van der Waals surface area contributed by atoms with Gasteiger partial charge in [0.2, 0.25) is 0 Å². The largest absolute Gasteiger partial charge is 0.454 e. The molecule has 3 aromatic rings. The summed E-state index contributed by atoms with van der Waals surface area (Å²) in [5, 5.41) is 4.01. The van der Waals surface area contributed by atoms with E-state index in [0.717, 1.165) is 5.56 Å². The number of carbonyl (C=O) groups excluding carboxylic acids is 1. The van der Waals surface area contributed by atoms with Crippen LogP contribution in [0, 0.1) is 12.7 Å². The summed E-state index contributed by atoms with van der Waals surface area (Å²) in [5.41, 5.74) is 1.86. The van der Waals surface area contributed by atoms with Crippen LogP contribution in [-0.4, -0.2) is 25.7 Å². The standard InChI is InChI=1S/C17H15FN4O2/c1-11-6-13(8-19-7-11)17(23)24-12(2)16-14(18)4-3-5-15(16)22-10-20-9-21-22/h3-10,12H,1-2H3/t12-/m1/s1. The molecule has 3 rings (SSSR count). The van der Waals surface area contributed by atoms with E-state index in [0.29, 0.717) is 11.3 Å². The maximum absolute atomic E-state index is 14.3. The van der Waals surface area contributed by atoms with E-state index in [4.69, 9.17) is 4.74 Å². The van der Waals surface area contributed by atoms with Crippen LogP contribution < -0.4 is 0 Å². The van der Waals surface area contributed by atoms with Crippen LogP contribution in [0.15, 0.2) is 49.3 Å². The third-order valence-corrected chi connectivity index (χ3v) is 3.50. The molecule has 1 atom stereocenters. The van der Waals surface area contributed by atoms with Crippen LogP contribution in [0.4, 0.5) is 4.39 Å². The molecular formula is C17H15FN4O2. The summed E-state index contributed by atoms with van der Waals surface area (Å²) in [6, 6.07) is 6.23. The van der Waals surface area contributed by atoms with Crippen molar-refractivity contribution in [2.75, 3.05) is 0 Å². The summed E-state index contributed by atoms with van der Waals surface area (Å²) in [7, 11) is 0. The average molecular weight is 326 g/mol. The van der Waals surface area contributed by atoms with Gasteiger partial charge in [0.15, 0.2) is 0 Å². The highest BCUT2D eigenvalue weighted by Crippen LogP contribution is 2.27. The maximum atomic E-state index is 14.3. The quantitative estimate of drug-likeness (QED) is 0.689. The minimum atomic E-state index is -0.807. The molecule has 0 aliphatic rings. The molecule has 0 bridgehead atoms. The molecule has 122 valence electrons. The van der Waals surface area contributed by atoms with Gasteiger partial charge in [0, 0.05) is 12.4 Å². The number of halogens is 1. The highest BCUT2D eigenvalue weighted by atomic mass is 19.1. The van der Waals surface area contributed by atoms with E-state index in [1.165, 1.54) is 29.6 Å². The lowest BCUT2D eigenvalue weighted by Gasteiger charge is -2.18. The Balaban J connectivity index is 1.90. The monoisotopic (exact) mass is 326 g/mol. The molecule has 0 radical (unpaired) electrons. The van der Waals surface area contributed by atoms with Gasteiger partial charge in [-0.3, -0.25) is 4.98 Å². The lowest BCUT2D eigenvalue weighted by molar-refractivity contribution is 0.0330. The smallest absolute Gasteiger partial charge is 0.340 e. The number of nitrogens with zero attached hydrogens (tertiary/aromatic N) is 4. The highest BCUT2D eigenvalue weighted by Gasteiger charge is 2.21. The first-order chi connectivity index (χ1) is 11.6. The van der Waals surface area contributed by atoms with Crippen molar-refractivity contribution in [3.63, 3.8) is 0 Å². The van der Waals surface area contributed by atoms with Crippen molar-refractivity contribution in [3.8, 4) is 5.69 Å². The number of benzene rings is 1. The van der Waals surface area contributed by atoms with Gasteiger partial charge in [0.25, 0.3) is 0 Å². The van der Waals surface area contributed by atoms with Crippen molar-refractivity contribution in [3.05, 3.63) is 71.8 Å². The van der Waals surface area contributed by atoms with Crippen LogP contribution in [0.1, 0.15) is 34.5 Å². The fraction of sp³-hybridized carbons (Fsp3) is 0.176. The molecule has 0 aliphatic heterocycles. The topological polar surface area (TPSA) is 69.9 Å². The van der Waals surface area contributed by atoms with Crippen LogP contribution in [0.2, 0.25) is 0 Å². The van der Waals surface area contributed by atoms with Crippen molar-refractivity contribution in [2.24, 2.45) is 0 Å². The predicted octanol–water partition coefficient (Wildman–Crippen LogP) is 3.03. The molecule has 0 unspecified atom stereocenters. The Labute approximate surface area is 137 Å². The minimum absolute atomic E-state index is 0.233. The molecule has 2 heterocycles. The Morgan fingerprint density at radius 1 is 1.29 bits per heavy atom. The van der Waals surface area contributed by atoms with Gasteiger partial charge in [-0.15, -0.1) is 0 Å². The fourth-order valence-corrected chi connectivity index (χ4v) is 2.41. The number of ether oxygens (including phenoxy) is 1. The van der Waals surface area contributed by atoms with Crippen LogP contribution in [0.25, 0.3) is 5.69 Å². The normalized spacial score (nSPS) is 12.0. The zero-order valence-corrected chi connectivity index (χ0v) is 13.2. The molecule has 24 heavy (non-hydrogen) atoms. The molecule has 0 saturated heterocycles. The molecular weight excluding hydrogens is 311 g/mol. The number of aromatic nitrogens is 4. The second kappa shape index (κ2) is 6.57. The van der Waals surface area contributed by atoms with Crippen molar-refractivity contribution >= 4 is 5.97 Å². The number of esters is 1. The molecule has 0 saturated carbocycles. The van der Waals surface area contributed by atoms with E-state index in [1.807, 2.05) is 6.92 Å². The van der Waals surface area contributed by atoms with Crippen molar-refractivity contribution in [1.29, 1.82) is 0 Å². The van der Waals surface area contributed by atoms with E-state index < -0.39 is 17.9 Å². The summed E-state index contributed by atoms with van der Waals surface area (Å²) >= 11 is 0. The van der Waals surface area contributed by atoms with Gasteiger partial charge in [-0.2, -0.15) is 5.10 Å². The second-order valence-electron chi connectivity index (χ2n) is 5.31. The van der Waals surface area contributed by atoms with Crippen molar-refractivity contribution < 1.29 is 13.9 Å². The molecule has 2 aromatic heterocycles. The van der Waals surface area contributed by atoms with Crippen LogP contribution in [0.5, 0.6) is 0 Å². The van der Waals surface area contributed by atoms with Gasteiger partial charge in [0.1, 0.15) is 24.6 Å². The zero-order chi connectivity index (χ0) is 17.1. The van der Waals surface area contributed by atoms with E-state index >= 15 is 0 Å². The van der Waals surface area contributed by atoms with Crippen LogP contribution in [0.3, 0.4) is 0 Å². The summed E-state index contributed by atoms with van der Waals surface area (Å²) in [5.74, 6) is -1.04. The molecule has 0 spiro atoms. The number of aryl methyl sites for hydroxylation is 1. The number of carbonyl (C=O) groups is 1. The fourth-order valence-electron chi connectivity index (χ4n) is 2.41. The predicted molar refractivity (Wildman–Crippen MR) is 84.1 cm³/mol. The Kier molecular flexibility index (Phi) is 4.33. The minimum Gasteiger partial charge on any atom is -0.454 e. The molecule has 1 aromatic carbocycles. The molecule has 0 N–H and O–H groups in total. The van der Waals surface area contributed by atoms with Gasteiger partial charge < -0.3 is 4.74 Å². The third-order valence-electron chi connectivity index (χ3n) is 3.50. The van der Waals surface area contributed by atoms with Gasteiger partial charge in [-0.05, 0) is 37.6 Å². The second-order valence-corrected chi connectivity index (χ2v) is 5.31. The lowest BCUT2D eigenvalue weighted by Crippen LogP contribution is -2.14. The number of rotatable bonds is 4. The summed E-state index contributed by atoms with van der Waals surface area (Å²) in [6.45, 7) is 3.44. The van der Waals surface area contributed by atoms with Crippen molar-refractivity contribution in [2.45, 2.75) is 20.0 Å². The van der Waals surface area contributed by atoms with Crippen LogP contribution in [-0.2, 0) is 4.74 Å². The highest BCUT2D eigenvalue weighted by molar-refractivity contribution is 5.89. The summed E-state index contributed by atoms with van der Waals surface area (Å²) < 4.78 is 21.2. The maximum Gasteiger partial charge on any atom is 0.340 e. The molecule has 0 fully saturated rings. The Hall–Kier alpha value is -3.09. The Bertz CT molecular complexity index is 865. The van der Waals surface area contributed by atoms with E-state index in [9.17, 15) is 9.18 Å². The Morgan fingerprint density at radius 3 is 2.83 bits per heavy atom. The third kappa shape index (κ3) is 3.15. The van der Waals surface area contributed by atoms with E-state index in [1.54, 1.807) is 31.3 Å². The molecule has 7 heteroatoms. The molecule has 0 aliphatic carbocycles. The zero-order valence-electron chi connectivity index (χ0n) is 13.2. The first-order valence-corrected chi connectivity index (χ1v) is 7.32. The summed E-state index contributed by atoms with van der Waals surface area (Å²) in [4.78, 5) is 20.1.